The Labute approximate surface area is 229 Å². The molecule has 4 atom stereocenters. The minimum atomic E-state index is -1.46. The highest BCUT2D eigenvalue weighted by Crippen LogP contribution is 2.40. The molecule has 0 spiro atoms. The van der Waals surface area contributed by atoms with Gasteiger partial charge in [-0.15, -0.1) is 0 Å². The standard InChI is InChI=1S/2C12H12Cl3NO/c2*13-12(14,15)10-6-9(7-11(17)16-10)8-4-2-1-3-5-8/h2*1-5,9-10H,6-7H2,(H,16,17)/t2*9-,10-/m00/s1. The summed E-state index contributed by atoms with van der Waals surface area (Å²) in [6.45, 7) is 0. The quantitative estimate of drug-likeness (QED) is 0.380. The van der Waals surface area contributed by atoms with Crippen LogP contribution in [0.4, 0.5) is 0 Å². The van der Waals surface area contributed by atoms with Gasteiger partial charge >= 0.3 is 0 Å². The van der Waals surface area contributed by atoms with Crippen molar-refractivity contribution in [2.45, 2.75) is 57.2 Å². The fourth-order valence-corrected chi connectivity index (χ4v) is 5.06. The number of alkyl halides is 6. The summed E-state index contributed by atoms with van der Waals surface area (Å²) in [5.74, 6) is 0.0963. The van der Waals surface area contributed by atoms with Crippen LogP contribution in [-0.2, 0) is 9.59 Å². The van der Waals surface area contributed by atoms with Crippen LogP contribution < -0.4 is 10.6 Å². The summed E-state index contributed by atoms with van der Waals surface area (Å²) < 4.78 is -2.91. The van der Waals surface area contributed by atoms with Crippen molar-refractivity contribution in [2.75, 3.05) is 0 Å². The first-order valence-corrected chi connectivity index (χ1v) is 13.0. The second kappa shape index (κ2) is 11.9. The number of carbonyl (C=O) groups is 2. The molecule has 2 aromatic rings. The molecule has 2 aliphatic rings. The maximum Gasteiger partial charge on any atom is 0.220 e. The van der Waals surface area contributed by atoms with E-state index in [0.29, 0.717) is 25.7 Å². The minimum absolute atomic E-state index is 0.0681. The van der Waals surface area contributed by atoms with Gasteiger partial charge in [0.15, 0.2) is 0 Å². The van der Waals surface area contributed by atoms with E-state index in [0.717, 1.165) is 11.1 Å². The number of amides is 2. The fraction of sp³-hybridized carbons (Fsp3) is 0.417. The monoisotopic (exact) mass is 582 g/mol. The van der Waals surface area contributed by atoms with E-state index in [9.17, 15) is 9.59 Å². The summed E-state index contributed by atoms with van der Waals surface area (Å²) in [5, 5.41) is 5.44. The molecule has 184 valence electrons. The number of carbonyl (C=O) groups excluding carboxylic acids is 2. The molecule has 4 rings (SSSR count). The summed E-state index contributed by atoms with van der Waals surface area (Å²) in [6, 6.07) is 18.8. The molecule has 4 nitrogen and oxygen atoms in total. The van der Waals surface area contributed by atoms with E-state index in [2.05, 4.69) is 10.6 Å². The molecule has 2 heterocycles. The van der Waals surface area contributed by atoms with Crippen LogP contribution in [0.1, 0.15) is 48.6 Å². The number of hydrogen-bond acceptors (Lipinski definition) is 2. The van der Waals surface area contributed by atoms with E-state index >= 15 is 0 Å². The van der Waals surface area contributed by atoms with Gasteiger partial charge in [0.05, 0.1) is 12.1 Å². The number of piperidine rings is 2. The zero-order valence-corrected chi connectivity index (χ0v) is 22.5. The lowest BCUT2D eigenvalue weighted by atomic mass is 9.86. The van der Waals surface area contributed by atoms with Crippen LogP contribution in [0.5, 0.6) is 0 Å². The predicted molar refractivity (Wildman–Crippen MR) is 141 cm³/mol. The van der Waals surface area contributed by atoms with Crippen LogP contribution >= 0.6 is 69.6 Å². The zero-order chi connectivity index (χ0) is 24.9. The molecule has 0 aromatic heterocycles. The fourth-order valence-electron chi connectivity index (χ4n) is 4.20. The highest BCUT2D eigenvalue weighted by atomic mass is 35.6. The summed E-state index contributed by atoms with van der Waals surface area (Å²) in [5.41, 5.74) is 2.23. The largest absolute Gasteiger partial charge is 0.349 e. The summed E-state index contributed by atoms with van der Waals surface area (Å²) in [4.78, 5) is 23.2. The molecule has 2 fully saturated rings. The summed E-state index contributed by atoms with van der Waals surface area (Å²) in [7, 11) is 0. The Morgan fingerprint density at radius 3 is 1.21 bits per heavy atom. The minimum Gasteiger partial charge on any atom is -0.349 e. The van der Waals surface area contributed by atoms with Gasteiger partial charge in [0, 0.05) is 12.8 Å². The molecule has 34 heavy (non-hydrogen) atoms. The van der Waals surface area contributed by atoms with E-state index in [4.69, 9.17) is 69.6 Å². The maximum atomic E-state index is 11.6. The molecular formula is C24H24Cl6N2O2. The van der Waals surface area contributed by atoms with Gasteiger partial charge in [0.2, 0.25) is 19.4 Å². The van der Waals surface area contributed by atoms with Crippen LogP contribution in [0.3, 0.4) is 0 Å². The van der Waals surface area contributed by atoms with Gasteiger partial charge in [-0.3, -0.25) is 9.59 Å². The number of nitrogens with one attached hydrogen (secondary N) is 2. The lowest BCUT2D eigenvalue weighted by Gasteiger charge is -2.34. The molecule has 0 unspecified atom stereocenters. The molecule has 2 saturated heterocycles. The number of halogens is 6. The Kier molecular flexibility index (Phi) is 9.70. The Morgan fingerprint density at radius 2 is 0.912 bits per heavy atom. The predicted octanol–water partition coefficient (Wildman–Crippen LogP) is 6.84. The van der Waals surface area contributed by atoms with Crippen molar-refractivity contribution >= 4 is 81.4 Å². The van der Waals surface area contributed by atoms with E-state index in [-0.39, 0.29) is 23.7 Å². The first-order valence-electron chi connectivity index (χ1n) is 10.8. The van der Waals surface area contributed by atoms with Crippen LogP contribution in [0.25, 0.3) is 0 Å². The van der Waals surface area contributed by atoms with Crippen molar-refractivity contribution in [3.8, 4) is 0 Å². The zero-order valence-electron chi connectivity index (χ0n) is 18.0. The van der Waals surface area contributed by atoms with Gasteiger partial charge in [-0.1, -0.05) is 130 Å². The normalized spacial score (nSPS) is 25.5. The summed E-state index contributed by atoms with van der Waals surface area (Å²) >= 11 is 35.1. The van der Waals surface area contributed by atoms with Crippen LogP contribution in [0, 0.1) is 0 Å². The van der Waals surface area contributed by atoms with Crippen LogP contribution in [0.15, 0.2) is 60.7 Å². The van der Waals surface area contributed by atoms with E-state index in [1.54, 1.807) is 0 Å². The van der Waals surface area contributed by atoms with Crippen molar-refractivity contribution in [3.05, 3.63) is 71.8 Å². The van der Waals surface area contributed by atoms with Gasteiger partial charge in [-0.25, -0.2) is 0 Å². The molecule has 0 bridgehead atoms. The third-order valence-corrected chi connectivity index (χ3v) is 7.49. The Balaban J connectivity index is 0.000000191. The molecule has 10 heteroatoms. The molecule has 2 aliphatic heterocycles. The molecule has 0 saturated carbocycles. The van der Waals surface area contributed by atoms with Crippen molar-refractivity contribution in [2.24, 2.45) is 0 Å². The molecule has 2 N–H and O–H groups in total. The van der Waals surface area contributed by atoms with Crippen molar-refractivity contribution < 1.29 is 9.59 Å². The topological polar surface area (TPSA) is 58.2 Å². The van der Waals surface area contributed by atoms with Crippen LogP contribution in [0.2, 0.25) is 0 Å². The highest BCUT2D eigenvalue weighted by Gasteiger charge is 2.40. The van der Waals surface area contributed by atoms with Gasteiger partial charge in [0.25, 0.3) is 0 Å². The van der Waals surface area contributed by atoms with Crippen LogP contribution in [-0.4, -0.2) is 31.5 Å². The smallest absolute Gasteiger partial charge is 0.220 e. The second-order valence-corrected chi connectivity index (χ2v) is 13.2. The van der Waals surface area contributed by atoms with Gasteiger partial charge < -0.3 is 10.6 Å². The molecule has 0 aliphatic carbocycles. The van der Waals surface area contributed by atoms with Crippen molar-refractivity contribution in [1.29, 1.82) is 0 Å². The lowest BCUT2D eigenvalue weighted by Crippen LogP contribution is -2.48. The molecule has 2 amide bonds. The lowest BCUT2D eigenvalue weighted by molar-refractivity contribution is -0.124. The third kappa shape index (κ3) is 8.08. The highest BCUT2D eigenvalue weighted by molar-refractivity contribution is 6.68. The average molecular weight is 585 g/mol. The number of hydrogen-bond donors (Lipinski definition) is 2. The average Bonchev–Trinajstić information content (AvgIpc) is 2.79. The number of benzene rings is 2. The SMILES string of the molecule is O=C1C[C@@H](c2ccccc2)C[C@@H](C(Cl)(Cl)Cl)N1.O=C1C[C@@H](c2ccccc2)C[C@@H](C(Cl)(Cl)Cl)N1. The second-order valence-electron chi connectivity index (χ2n) is 8.42. The van der Waals surface area contributed by atoms with Gasteiger partial charge in [-0.05, 0) is 35.8 Å². The van der Waals surface area contributed by atoms with E-state index < -0.39 is 19.7 Å². The van der Waals surface area contributed by atoms with Crippen molar-refractivity contribution in [1.82, 2.24) is 10.6 Å². The first kappa shape index (κ1) is 27.7. The van der Waals surface area contributed by atoms with Gasteiger partial charge in [-0.2, -0.15) is 0 Å². The molecule has 2 aromatic carbocycles. The van der Waals surface area contributed by atoms with E-state index in [1.807, 2.05) is 60.7 Å². The molecule has 0 radical (unpaired) electrons. The Morgan fingerprint density at radius 1 is 0.588 bits per heavy atom. The van der Waals surface area contributed by atoms with Crippen molar-refractivity contribution in [3.63, 3.8) is 0 Å². The Hall–Kier alpha value is -0.880. The summed E-state index contributed by atoms with van der Waals surface area (Å²) in [6.07, 6.45) is 2.18. The van der Waals surface area contributed by atoms with E-state index in [1.165, 1.54) is 0 Å². The first-order chi connectivity index (χ1) is 15.9. The third-order valence-electron chi connectivity index (χ3n) is 5.91. The maximum absolute atomic E-state index is 11.6. The number of rotatable bonds is 2. The Bertz CT molecular complexity index is 883. The van der Waals surface area contributed by atoms with Gasteiger partial charge in [0.1, 0.15) is 0 Å². The molecular weight excluding hydrogens is 561 g/mol.